The van der Waals surface area contributed by atoms with E-state index in [-0.39, 0.29) is 11.1 Å². The summed E-state index contributed by atoms with van der Waals surface area (Å²) in [5.74, 6) is 1.35. The number of amides is 2. The number of carbonyl (C=O) groups is 2. The summed E-state index contributed by atoms with van der Waals surface area (Å²) < 4.78 is 10.8. The van der Waals surface area contributed by atoms with E-state index in [0.717, 1.165) is 46.0 Å². The lowest BCUT2D eigenvalue weighted by molar-refractivity contribution is -0.126. The lowest BCUT2D eigenvalue weighted by atomic mass is 9.99. The predicted octanol–water partition coefficient (Wildman–Crippen LogP) is 3.87. The molecule has 1 fully saturated rings. The van der Waals surface area contributed by atoms with Crippen molar-refractivity contribution in [3.63, 3.8) is 0 Å². The molecule has 1 atom stereocenters. The Morgan fingerprint density at radius 3 is 2.56 bits per heavy atom. The molecule has 2 aromatic carbocycles. The third kappa shape index (κ3) is 3.31. The van der Waals surface area contributed by atoms with Crippen LogP contribution in [0.25, 0.3) is 10.8 Å². The van der Waals surface area contributed by atoms with E-state index in [9.17, 15) is 9.59 Å². The van der Waals surface area contributed by atoms with Crippen molar-refractivity contribution in [3.8, 4) is 11.5 Å². The van der Waals surface area contributed by atoms with E-state index in [1.807, 2.05) is 37.3 Å². The number of hydrogen-bond acceptors (Lipinski definition) is 5. The normalized spacial score (nSPS) is 17.4. The maximum atomic E-state index is 12.6. The monoisotopic (exact) mass is 359 g/mol. The highest BCUT2D eigenvalue weighted by Gasteiger charge is 2.39. The van der Waals surface area contributed by atoms with Crippen LogP contribution in [-0.2, 0) is 11.2 Å². The van der Waals surface area contributed by atoms with Gasteiger partial charge in [-0.25, -0.2) is 0 Å². The molecule has 3 rings (SSSR count). The largest absolute Gasteiger partial charge is 0.497 e. The number of hydrogen-bond donors (Lipinski definition) is 0. The maximum absolute atomic E-state index is 12.6. The Kier molecular flexibility index (Phi) is 5.18. The fraction of sp³-hybridized carbons (Fsp3) is 0.368. The molecule has 1 heterocycles. The summed E-state index contributed by atoms with van der Waals surface area (Å²) in [7, 11) is 3.24. The molecule has 0 aromatic heterocycles. The van der Waals surface area contributed by atoms with Crippen molar-refractivity contribution in [1.29, 1.82) is 0 Å². The van der Waals surface area contributed by atoms with Gasteiger partial charge >= 0.3 is 0 Å². The highest BCUT2D eigenvalue weighted by Crippen LogP contribution is 2.36. The number of carbonyl (C=O) groups excluding carboxylic acids is 2. The van der Waals surface area contributed by atoms with Gasteiger partial charge in [0.15, 0.2) is 0 Å². The number of fused-ring (bicyclic) bond motifs is 1. The molecule has 1 aliphatic rings. The first kappa shape index (κ1) is 17.6. The molecule has 132 valence electrons. The van der Waals surface area contributed by atoms with Gasteiger partial charge in [-0.05, 0) is 41.8 Å². The Morgan fingerprint density at radius 1 is 1.12 bits per heavy atom. The molecular weight excluding hydrogens is 338 g/mol. The molecule has 6 heteroatoms. The third-order valence-electron chi connectivity index (χ3n) is 4.36. The van der Waals surface area contributed by atoms with Crippen molar-refractivity contribution in [2.24, 2.45) is 0 Å². The Bertz CT molecular complexity index is 815. The standard InChI is InChI=1S/C19H21NO4S/c1-4-9-20-18(21)17(25-19(20)22)11-15-14-10-13(23-2)7-5-12(14)6-8-16(15)24-3/h5-8,10,17H,4,9,11H2,1-3H3/t17-/m1/s1. The molecular formula is C19H21NO4S. The Hall–Kier alpha value is -2.21. The quantitative estimate of drug-likeness (QED) is 0.783. The van der Waals surface area contributed by atoms with Gasteiger partial charge < -0.3 is 9.47 Å². The zero-order chi connectivity index (χ0) is 18.0. The zero-order valence-corrected chi connectivity index (χ0v) is 15.4. The molecule has 0 unspecified atom stereocenters. The number of ether oxygens (including phenoxy) is 2. The van der Waals surface area contributed by atoms with Crippen LogP contribution in [-0.4, -0.2) is 42.1 Å². The summed E-state index contributed by atoms with van der Waals surface area (Å²) in [5.41, 5.74) is 0.927. The van der Waals surface area contributed by atoms with Crippen LogP contribution < -0.4 is 9.47 Å². The van der Waals surface area contributed by atoms with Gasteiger partial charge in [0.1, 0.15) is 11.5 Å². The van der Waals surface area contributed by atoms with Gasteiger partial charge in [0, 0.05) is 12.1 Å². The van der Waals surface area contributed by atoms with Crippen LogP contribution in [0, 0.1) is 0 Å². The van der Waals surface area contributed by atoms with Crippen LogP contribution in [0.5, 0.6) is 11.5 Å². The topological polar surface area (TPSA) is 55.8 Å². The molecule has 2 aromatic rings. The zero-order valence-electron chi connectivity index (χ0n) is 14.6. The van der Waals surface area contributed by atoms with E-state index in [0.29, 0.717) is 13.0 Å². The average molecular weight is 359 g/mol. The summed E-state index contributed by atoms with van der Waals surface area (Å²) in [6.45, 7) is 2.43. The first-order valence-corrected chi connectivity index (χ1v) is 9.12. The van der Waals surface area contributed by atoms with Crippen molar-refractivity contribution >= 4 is 33.7 Å². The number of nitrogens with zero attached hydrogens (tertiary/aromatic N) is 1. The first-order chi connectivity index (χ1) is 12.1. The summed E-state index contributed by atoms with van der Waals surface area (Å²) >= 11 is 1.10. The molecule has 0 N–H and O–H groups in total. The number of benzene rings is 2. The number of thioether (sulfide) groups is 1. The number of imide groups is 1. The van der Waals surface area contributed by atoms with Gasteiger partial charge in [-0.3, -0.25) is 14.5 Å². The molecule has 0 bridgehead atoms. The van der Waals surface area contributed by atoms with Gasteiger partial charge in [-0.1, -0.05) is 30.8 Å². The van der Waals surface area contributed by atoms with Crippen molar-refractivity contribution in [2.75, 3.05) is 20.8 Å². The Balaban J connectivity index is 2.00. The fourth-order valence-corrected chi connectivity index (χ4v) is 4.14. The lowest BCUT2D eigenvalue weighted by Gasteiger charge is -2.16. The fourth-order valence-electron chi connectivity index (χ4n) is 3.11. The van der Waals surface area contributed by atoms with E-state index >= 15 is 0 Å². The highest BCUT2D eigenvalue weighted by atomic mass is 32.2. The summed E-state index contributed by atoms with van der Waals surface area (Å²) in [5, 5.41) is 1.45. The summed E-state index contributed by atoms with van der Waals surface area (Å²) in [6.07, 6.45) is 1.21. The van der Waals surface area contributed by atoms with Crippen LogP contribution >= 0.6 is 11.8 Å². The summed E-state index contributed by atoms with van der Waals surface area (Å²) in [6, 6.07) is 9.72. The molecule has 1 aliphatic heterocycles. The summed E-state index contributed by atoms with van der Waals surface area (Å²) in [4.78, 5) is 26.1. The molecule has 1 saturated heterocycles. The minimum Gasteiger partial charge on any atom is -0.497 e. The molecule has 5 nitrogen and oxygen atoms in total. The first-order valence-electron chi connectivity index (χ1n) is 8.24. The van der Waals surface area contributed by atoms with Gasteiger partial charge in [0.2, 0.25) is 5.91 Å². The van der Waals surface area contributed by atoms with Crippen molar-refractivity contribution in [3.05, 3.63) is 35.9 Å². The van der Waals surface area contributed by atoms with Crippen LogP contribution in [0.3, 0.4) is 0 Å². The SMILES string of the molecule is CCCN1C(=O)S[C@H](Cc2c(OC)ccc3ccc(OC)cc23)C1=O. The van der Waals surface area contributed by atoms with Gasteiger partial charge in [-0.2, -0.15) is 0 Å². The molecule has 0 spiro atoms. The lowest BCUT2D eigenvalue weighted by Crippen LogP contribution is -2.32. The van der Waals surface area contributed by atoms with Crippen LogP contribution in [0.2, 0.25) is 0 Å². The second kappa shape index (κ2) is 7.35. The minimum absolute atomic E-state index is 0.112. The van der Waals surface area contributed by atoms with E-state index < -0.39 is 5.25 Å². The highest BCUT2D eigenvalue weighted by molar-refractivity contribution is 8.15. The number of methoxy groups -OCH3 is 2. The average Bonchev–Trinajstić information content (AvgIpc) is 2.89. The Morgan fingerprint density at radius 2 is 1.88 bits per heavy atom. The smallest absolute Gasteiger partial charge is 0.289 e. The molecule has 0 aliphatic carbocycles. The predicted molar refractivity (Wildman–Crippen MR) is 99.5 cm³/mol. The minimum atomic E-state index is -0.412. The van der Waals surface area contributed by atoms with Crippen LogP contribution in [0.15, 0.2) is 30.3 Å². The maximum Gasteiger partial charge on any atom is 0.289 e. The van der Waals surface area contributed by atoms with Crippen LogP contribution in [0.1, 0.15) is 18.9 Å². The van der Waals surface area contributed by atoms with Crippen molar-refractivity contribution < 1.29 is 19.1 Å². The molecule has 25 heavy (non-hydrogen) atoms. The van der Waals surface area contributed by atoms with Gasteiger partial charge in [0.05, 0.1) is 19.5 Å². The van der Waals surface area contributed by atoms with Crippen molar-refractivity contribution in [1.82, 2.24) is 4.90 Å². The van der Waals surface area contributed by atoms with Crippen LogP contribution in [0.4, 0.5) is 4.79 Å². The second-order valence-electron chi connectivity index (χ2n) is 5.90. The second-order valence-corrected chi connectivity index (χ2v) is 7.05. The molecule has 0 radical (unpaired) electrons. The molecule has 2 amide bonds. The third-order valence-corrected chi connectivity index (χ3v) is 5.43. The van der Waals surface area contributed by atoms with Crippen molar-refractivity contribution in [2.45, 2.75) is 25.0 Å². The van der Waals surface area contributed by atoms with Gasteiger partial charge in [-0.15, -0.1) is 0 Å². The number of rotatable bonds is 6. The Labute approximate surface area is 151 Å². The van der Waals surface area contributed by atoms with E-state index in [1.54, 1.807) is 14.2 Å². The molecule has 0 saturated carbocycles. The van der Waals surface area contributed by atoms with E-state index in [4.69, 9.17) is 9.47 Å². The van der Waals surface area contributed by atoms with E-state index in [2.05, 4.69) is 0 Å². The van der Waals surface area contributed by atoms with E-state index in [1.165, 1.54) is 4.90 Å². The van der Waals surface area contributed by atoms with Gasteiger partial charge in [0.25, 0.3) is 5.24 Å².